The minimum absolute atomic E-state index is 0.206. The van der Waals surface area contributed by atoms with Crippen molar-refractivity contribution in [1.29, 1.82) is 0 Å². The third-order valence-corrected chi connectivity index (χ3v) is 3.36. The first-order valence-corrected chi connectivity index (χ1v) is 6.58. The van der Waals surface area contributed by atoms with Gasteiger partial charge in [0.1, 0.15) is 18.3 Å². The number of rotatable bonds is 5. The van der Waals surface area contributed by atoms with Crippen molar-refractivity contribution in [3.63, 3.8) is 0 Å². The molecular formula is C12H16F2N2O6. The third kappa shape index (κ3) is 3.09. The number of alkyl halides is 2. The van der Waals surface area contributed by atoms with Crippen molar-refractivity contribution in [2.45, 2.75) is 44.5 Å². The standard InChI is InChI=1S/C12H16F2N2O6/c1-2-5-3-16(12(20)15-9(5)22-11(13)14)10-8(19)7(18)6(4-17)21-10/h3,6-8,10-11,17-19H,2,4H2,1H3. The van der Waals surface area contributed by atoms with Crippen molar-refractivity contribution in [1.82, 2.24) is 9.55 Å². The fraction of sp³-hybridized carbons (Fsp3) is 0.667. The van der Waals surface area contributed by atoms with Crippen LogP contribution in [0.2, 0.25) is 0 Å². The molecule has 1 aliphatic heterocycles. The summed E-state index contributed by atoms with van der Waals surface area (Å²) in [6.45, 7) is -2.03. The van der Waals surface area contributed by atoms with E-state index in [0.717, 1.165) is 4.57 Å². The molecule has 0 bridgehead atoms. The quantitative estimate of drug-likeness (QED) is 0.638. The van der Waals surface area contributed by atoms with E-state index in [4.69, 9.17) is 9.84 Å². The number of aliphatic hydroxyl groups is 3. The molecule has 10 heteroatoms. The maximum Gasteiger partial charge on any atom is 0.388 e. The van der Waals surface area contributed by atoms with Gasteiger partial charge in [0.2, 0.25) is 5.88 Å². The Morgan fingerprint density at radius 1 is 1.45 bits per heavy atom. The molecular weight excluding hydrogens is 306 g/mol. The van der Waals surface area contributed by atoms with Crippen LogP contribution in [0.3, 0.4) is 0 Å². The summed E-state index contributed by atoms with van der Waals surface area (Å²) in [5.41, 5.74) is -0.777. The number of hydrogen-bond acceptors (Lipinski definition) is 7. The van der Waals surface area contributed by atoms with Crippen LogP contribution in [0.4, 0.5) is 8.78 Å². The number of nitrogens with zero attached hydrogens (tertiary/aromatic N) is 2. The summed E-state index contributed by atoms with van der Waals surface area (Å²) in [6.07, 6.45) is -3.78. The van der Waals surface area contributed by atoms with Gasteiger partial charge in [-0.25, -0.2) is 4.79 Å². The lowest BCUT2D eigenvalue weighted by Crippen LogP contribution is -2.36. The van der Waals surface area contributed by atoms with Crippen LogP contribution < -0.4 is 10.4 Å². The van der Waals surface area contributed by atoms with Gasteiger partial charge in [-0.15, -0.1) is 0 Å². The van der Waals surface area contributed by atoms with E-state index >= 15 is 0 Å². The van der Waals surface area contributed by atoms with Crippen molar-refractivity contribution in [3.8, 4) is 5.88 Å². The molecule has 4 unspecified atom stereocenters. The smallest absolute Gasteiger partial charge is 0.388 e. The van der Waals surface area contributed by atoms with Gasteiger partial charge < -0.3 is 24.8 Å². The summed E-state index contributed by atoms with van der Waals surface area (Å²) in [4.78, 5) is 15.3. The van der Waals surface area contributed by atoms with Gasteiger partial charge in [-0.2, -0.15) is 13.8 Å². The lowest BCUT2D eigenvalue weighted by molar-refractivity contribution is -0.0598. The lowest BCUT2D eigenvalue weighted by atomic mass is 10.1. The van der Waals surface area contributed by atoms with Crippen LogP contribution in [0, 0.1) is 0 Å². The topological polar surface area (TPSA) is 114 Å². The van der Waals surface area contributed by atoms with Crippen molar-refractivity contribution >= 4 is 0 Å². The van der Waals surface area contributed by atoms with Gasteiger partial charge in [-0.1, -0.05) is 6.92 Å². The Hall–Kier alpha value is -1.62. The largest absolute Gasteiger partial charge is 0.416 e. The Labute approximate surface area is 123 Å². The molecule has 1 aromatic heterocycles. The Morgan fingerprint density at radius 3 is 2.64 bits per heavy atom. The number of halogens is 2. The zero-order valence-electron chi connectivity index (χ0n) is 11.6. The van der Waals surface area contributed by atoms with Crippen molar-refractivity contribution < 1.29 is 33.6 Å². The molecule has 0 aliphatic carbocycles. The highest BCUT2D eigenvalue weighted by molar-refractivity contribution is 5.23. The first-order valence-electron chi connectivity index (χ1n) is 6.58. The molecule has 22 heavy (non-hydrogen) atoms. The van der Waals surface area contributed by atoms with Gasteiger partial charge in [-0.3, -0.25) is 4.57 Å². The molecule has 2 heterocycles. The van der Waals surface area contributed by atoms with E-state index in [2.05, 4.69) is 9.72 Å². The Morgan fingerprint density at radius 2 is 2.14 bits per heavy atom. The summed E-state index contributed by atoms with van der Waals surface area (Å²) in [5, 5.41) is 28.6. The normalized spacial score (nSPS) is 28.3. The first kappa shape index (κ1) is 16.7. The molecule has 1 saturated heterocycles. The second kappa shape index (κ2) is 6.65. The molecule has 3 N–H and O–H groups in total. The SMILES string of the molecule is CCc1cn(C2OC(CO)C(O)C2O)c(=O)nc1OC(F)F. The summed E-state index contributed by atoms with van der Waals surface area (Å²) < 4.78 is 34.8. The van der Waals surface area contributed by atoms with Crippen LogP contribution in [0.15, 0.2) is 11.0 Å². The molecule has 124 valence electrons. The van der Waals surface area contributed by atoms with Crippen LogP contribution in [0.5, 0.6) is 5.88 Å². The molecule has 2 rings (SSSR count). The zero-order valence-corrected chi connectivity index (χ0v) is 11.6. The second-order valence-electron chi connectivity index (χ2n) is 4.72. The summed E-state index contributed by atoms with van der Waals surface area (Å²) in [6, 6.07) is 0. The third-order valence-electron chi connectivity index (χ3n) is 3.36. The number of aryl methyl sites for hydroxylation is 1. The zero-order chi connectivity index (χ0) is 16.4. The Kier molecular flexibility index (Phi) is 5.06. The van der Waals surface area contributed by atoms with Gasteiger partial charge >= 0.3 is 12.3 Å². The molecule has 0 amide bonds. The van der Waals surface area contributed by atoms with E-state index in [1.807, 2.05) is 0 Å². The summed E-state index contributed by atoms with van der Waals surface area (Å²) in [7, 11) is 0. The van der Waals surface area contributed by atoms with E-state index in [0.29, 0.717) is 0 Å². The molecule has 4 atom stereocenters. The molecule has 0 aromatic carbocycles. The molecule has 0 saturated carbocycles. The highest BCUT2D eigenvalue weighted by Gasteiger charge is 2.44. The molecule has 1 aliphatic rings. The minimum Gasteiger partial charge on any atom is -0.416 e. The van der Waals surface area contributed by atoms with Gasteiger partial charge in [-0.05, 0) is 6.42 Å². The maximum atomic E-state index is 12.3. The van der Waals surface area contributed by atoms with E-state index in [-0.39, 0.29) is 12.0 Å². The van der Waals surface area contributed by atoms with Crippen LogP contribution in [-0.4, -0.2) is 56.4 Å². The number of aliphatic hydroxyl groups excluding tert-OH is 3. The lowest BCUT2D eigenvalue weighted by Gasteiger charge is -2.19. The fourth-order valence-electron chi connectivity index (χ4n) is 2.22. The summed E-state index contributed by atoms with van der Waals surface area (Å²) >= 11 is 0. The van der Waals surface area contributed by atoms with Crippen LogP contribution in [0.25, 0.3) is 0 Å². The molecule has 0 spiro atoms. The molecule has 1 fully saturated rings. The number of ether oxygens (including phenoxy) is 2. The van der Waals surface area contributed by atoms with Crippen molar-refractivity contribution in [2.75, 3.05) is 6.61 Å². The van der Waals surface area contributed by atoms with Gasteiger partial charge in [0.05, 0.1) is 6.61 Å². The second-order valence-corrected chi connectivity index (χ2v) is 4.72. The first-order chi connectivity index (χ1) is 10.4. The Balaban J connectivity index is 2.38. The van der Waals surface area contributed by atoms with E-state index in [1.54, 1.807) is 6.92 Å². The fourth-order valence-corrected chi connectivity index (χ4v) is 2.22. The van der Waals surface area contributed by atoms with Crippen LogP contribution >= 0.6 is 0 Å². The van der Waals surface area contributed by atoms with Crippen LogP contribution in [0.1, 0.15) is 18.7 Å². The highest BCUT2D eigenvalue weighted by atomic mass is 19.3. The monoisotopic (exact) mass is 322 g/mol. The van der Waals surface area contributed by atoms with E-state index in [1.165, 1.54) is 6.20 Å². The van der Waals surface area contributed by atoms with Gasteiger partial charge in [0.15, 0.2) is 6.23 Å². The summed E-state index contributed by atoms with van der Waals surface area (Å²) in [5.74, 6) is -0.495. The van der Waals surface area contributed by atoms with Gasteiger partial charge in [0.25, 0.3) is 0 Å². The van der Waals surface area contributed by atoms with E-state index in [9.17, 15) is 23.8 Å². The minimum atomic E-state index is -3.12. The van der Waals surface area contributed by atoms with Crippen molar-refractivity contribution in [3.05, 3.63) is 22.2 Å². The predicted molar refractivity (Wildman–Crippen MR) is 67.5 cm³/mol. The number of aromatic nitrogens is 2. The maximum absolute atomic E-state index is 12.3. The Bertz CT molecular complexity index is 581. The highest BCUT2D eigenvalue weighted by Crippen LogP contribution is 2.29. The van der Waals surface area contributed by atoms with E-state index < -0.39 is 49.3 Å². The van der Waals surface area contributed by atoms with Gasteiger partial charge in [0, 0.05) is 11.8 Å². The molecule has 1 aromatic rings. The van der Waals surface area contributed by atoms with Crippen molar-refractivity contribution in [2.24, 2.45) is 0 Å². The molecule has 0 radical (unpaired) electrons. The average Bonchev–Trinajstić information content (AvgIpc) is 2.75. The average molecular weight is 322 g/mol. The predicted octanol–water partition coefficient (Wildman–Crippen LogP) is -0.981. The molecule has 8 nitrogen and oxygen atoms in total. The number of hydrogen-bond donors (Lipinski definition) is 3. The van der Waals surface area contributed by atoms with Crippen LogP contribution in [-0.2, 0) is 11.2 Å².